The van der Waals surface area contributed by atoms with Gasteiger partial charge in [-0.25, -0.2) is 4.79 Å². The number of hydrogen-bond acceptors (Lipinski definition) is 36. The van der Waals surface area contributed by atoms with E-state index >= 15 is 0 Å². The van der Waals surface area contributed by atoms with Crippen LogP contribution in [-0.2, 0) is 114 Å². The van der Waals surface area contributed by atoms with Crippen LogP contribution >= 0.6 is 21.6 Å². The van der Waals surface area contributed by atoms with E-state index < -0.39 is 147 Å². The van der Waals surface area contributed by atoms with Crippen molar-refractivity contribution in [2.75, 3.05) is 139 Å². The number of methoxy groups -OCH3 is 2. The lowest BCUT2D eigenvalue weighted by Crippen LogP contribution is -2.64. The molecule has 0 aromatic rings. The number of amides is 7. The zero-order valence-corrected chi connectivity index (χ0v) is 83.5. The summed E-state index contributed by atoms with van der Waals surface area (Å²) in [5.41, 5.74) is -0.735. The number of likely N-dealkylation sites (tertiary alicyclic amines) is 1. The molecule has 4 heterocycles. The van der Waals surface area contributed by atoms with Gasteiger partial charge in [-0.3, -0.25) is 52.7 Å². The van der Waals surface area contributed by atoms with Gasteiger partial charge in [-0.15, -0.1) is 0 Å². The summed E-state index contributed by atoms with van der Waals surface area (Å²) in [6.07, 6.45) is 1.05. The monoisotopic (exact) mass is 2000 g/mol. The first-order valence-electron chi connectivity index (χ1n) is 49.3. The molecule has 4 fully saturated rings. The molecular weight excluding hydrogens is 1840 g/mol. The van der Waals surface area contributed by atoms with E-state index in [4.69, 9.17) is 61.6 Å². The van der Waals surface area contributed by atoms with Crippen LogP contribution in [0.2, 0.25) is 0 Å². The van der Waals surface area contributed by atoms with Crippen LogP contribution in [-0.4, -0.2) is 369 Å². The number of ketones is 3. The average molecular weight is 2000 g/mol. The van der Waals surface area contributed by atoms with Gasteiger partial charge in [0.2, 0.25) is 35.4 Å². The first kappa shape index (κ1) is 123. The van der Waals surface area contributed by atoms with E-state index in [1.807, 2.05) is 4.90 Å². The molecule has 4 aliphatic rings. The first-order valence-corrected chi connectivity index (χ1v) is 51.6. The third kappa shape index (κ3) is 52.7. The Balaban J connectivity index is 1.29. The Bertz CT molecular complexity index is 3330. The number of unbranched alkanes of at least 4 members (excludes halogenated alkanes) is 11. The zero-order chi connectivity index (χ0) is 101. The van der Waals surface area contributed by atoms with Gasteiger partial charge in [-0.1, -0.05) is 66.5 Å². The van der Waals surface area contributed by atoms with Gasteiger partial charge in [0.15, 0.2) is 18.9 Å². The smallest absolute Gasteiger partial charge is 0.407 e. The summed E-state index contributed by atoms with van der Waals surface area (Å²) in [4.78, 5) is 155. The lowest BCUT2D eigenvalue weighted by Gasteiger charge is -2.42. The van der Waals surface area contributed by atoms with E-state index in [0.717, 1.165) is 44.9 Å². The number of carbonyl (C=O) groups excluding carboxylic acids is 12. The second-order valence-electron chi connectivity index (χ2n) is 36.5. The van der Waals surface area contributed by atoms with Crippen LogP contribution in [0.4, 0.5) is 4.79 Å². The molecule has 0 spiro atoms. The quantitative estimate of drug-likeness (QED) is 0.0176. The summed E-state index contributed by atoms with van der Waals surface area (Å²) in [5.74, 6) is -1.86. The molecule has 0 bridgehead atoms. The highest BCUT2D eigenvalue weighted by Gasteiger charge is 2.49. The van der Waals surface area contributed by atoms with E-state index in [1.54, 1.807) is 35.8 Å². The summed E-state index contributed by atoms with van der Waals surface area (Å²) in [6.45, 7) is 9.57. The molecule has 0 radical (unpaired) electrons. The number of aliphatic hydroxyl groups is 9. The number of hydrogen-bond donors (Lipinski definition) is 15. The van der Waals surface area contributed by atoms with Gasteiger partial charge < -0.3 is 144 Å². The largest absolute Gasteiger partial charge is 0.466 e. The lowest BCUT2D eigenvalue weighted by atomic mass is 9.71. The normalized spacial score (nSPS) is 23.7. The van der Waals surface area contributed by atoms with E-state index in [-0.39, 0.29) is 169 Å². The number of carbonyl (C=O) groups is 12. The Labute approximate surface area is 815 Å². The second kappa shape index (κ2) is 72.3. The summed E-state index contributed by atoms with van der Waals surface area (Å²) >= 11 is 0. The Kier molecular flexibility index (Phi) is 65.0. The Morgan fingerprint density at radius 1 is 0.401 bits per heavy atom. The molecule has 4 rings (SSSR count). The van der Waals surface area contributed by atoms with E-state index in [9.17, 15) is 103 Å². The van der Waals surface area contributed by atoms with Crippen molar-refractivity contribution in [3.63, 3.8) is 0 Å². The SMILES string of the molecule is COC[C@H]1C[C@H](OC)CN1C(=O)CCCCC(=O)CCC(C)(C)SSCCOCCOCCC(=O)CC(CCCOC(=O)CCCCCCCNC(=O)CCCOC1OC(CO)C(O)C(O)C1NC(C)=O)(CCCOC(=O)CCCCCNC(=O)CCCOC1OC(CO)C(O)C(O)C1NC(C)=O)CCCOC(=O)NCCCCCCCC(=O)CCCOC1OC(CO)C(O)C(O)C1NC(C)=O. The molecule has 16 unspecified atom stereocenters. The second-order valence-corrected chi connectivity index (χ2v) is 39.6. The van der Waals surface area contributed by atoms with E-state index in [2.05, 4.69) is 45.7 Å². The van der Waals surface area contributed by atoms with Crippen LogP contribution in [0.3, 0.4) is 0 Å². The van der Waals surface area contributed by atoms with Crippen molar-refractivity contribution in [3.8, 4) is 0 Å². The first-order chi connectivity index (χ1) is 65.7. The fraction of sp³-hybridized carbons (Fsp3) is 0.872. The highest BCUT2D eigenvalue weighted by molar-refractivity contribution is 8.77. The number of nitrogens with zero attached hydrogens (tertiary/aromatic N) is 1. The summed E-state index contributed by atoms with van der Waals surface area (Å²) in [7, 11) is 6.64. The van der Waals surface area contributed by atoms with Crippen molar-refractivity contribution < 1.29 is 165 Å². The van der Waals surface area contributed by atoms with Gasteiger partial charge in [0.1, 0.15) is 90.4 Å². The Morgan fingerprint density at radius 3 is 1.25 bits per heavy atom. The average Bonchev–Trinajstić information content (AvgIpc) is 1.40. The molecule has 0 aromatic heterocycles. The van der Waals surface area contributed by atoms with Crippen molar-refractivity contribution in [3.05, 3.63) is 0 Å². The van der Waals surface area contributed by atoms with Crippen molar-refractivity contribution in [2.24, 2.45) is 5.41 Å². The van der Waals surface area contributed by atoms with Crippen molar-refractivity contribution in [2.45, 2.75) is 381 Å². The van der Waals surface area contributed by atoms with Gasteiger partial charge in [-0.2, -0.15) is 0 Å². The van der Waals surface area contributed by atoms with Gasteiger partial charge in [0, 0.05) is 142 Å². The molecule has 137 heavy (non-hydrogen) atoms. The number of rotatable bonds is 79. The molecule has 792 valence electrons. The molecule has 4 saturated heterocycles. The summed E-state index contributed by atoms with van der Waals surface area (Å²) in [5, 5.41) is 107. The number of Topliss-reactive ketones (excluding diaryl/α,β-unsaturated/α-hetero) is 3. The molecule has 0 saturated carbocycles. The van der Waals surface area contributed by atoms with Crippen LogP contribution in [0, 0.1) is 5.41 Å². The van der Waals surface area contributed by atoms with Gasteiger partial charge in [0.05, 0.1) is 105 Å². The number of esters is 2. The van der Waals surface area contributed by atoms with E-state index in [0.29, 0.717) is 187 Å². The molecular formula is C94H165N7O34S2. The van der Waals surface area contributed by atoms with Crippen molar-refractivity contribution >= 4 is 92.4 Å². The summed E-state index contributed by atoms with van der Waals surface area (Å²) < 4.78 is 73.6. The Hall–Kier alpha value is -6.02. The van der Waals surface area contributed by atoms with Crippen LogP contribution in [0.15, 0.2) is 0 Å². The number of aliphatic hydroxyl groups excluding tert-OH is 9. The minimum Gasteiger partial charge on any atom is -0.466 e. The topological polar surface area (TPSA) is 582 Å². The molecule has 41 nitrogen and oxygen atoms in total. The van der Waals surface area contributed by atoms with Crippen LogP contribution in [0.25, 0.3) is 0 Å². The van der Waals surface area contributed by atoms with Crippen LogP contribution < -0.4 is 31.9 Å². The maximum Gasteiger partial charge on any atom is 0.407 e. The predicted octanol–water partition coefficient (Wildman–Crippen LogP) is 4.11. The van der Waals surface area contributed by atoms with Gasteiger partial charge in [-0.05, 0) is 141 Å². The minimum atomic E-state index is -1.47. The molecule has 7 amide bonds. The third-order valence-electron chi connectivity index (χ3n) is 24.3. The maximum atomic E-state index is 14.3. The lowest BCUT2D eigenvalue weighted by molar-refractivity contribution is -0.270. The molecule has 15 N–H and O–H groups in total. The standard InChI is InChI=1S/C94H165N7O34S2/c1-64(105)98-80-86(119)83(116)72(60-102)133-89(80)129-46-23-31-68(108)29-15-10-8-13-21-45-97-92(122)132-51-28-41-94(40-27-50-128-79(115)36-17-14-22-44-96-76(112)33-25-48-131-91-82(100-66(3)107)88(121)85(118)74(62-104)135-91,39-26-49-127-78(114)35-16-11-9-12-20-43-95-75(111)32-24-47-130-90-81(99-65(2)106)87(120)84(117)73(61-103)134-90)58-70(110)38-52-125-53-54-126-55-56-136-137-93(4,5)42-37-69(109)30-18-19-34-77(113)101-59-71(124-7)57-67(101)63-123-6/h67,71-74,80-91,102-104,116-121H,8-63H2,1-7H3,(H,95,111)(H,96,112)(H,97,122)(H,98,105)(H,99,106)(H,100,107)/t67-,71+,72?,73?,74?,80?,81?,82?,83?,84?,85?,86?,87?,88?,89?,90?,91?,94?/m1/s1. The minimum absolute atomic E-state index is 0.00407. The number of nitrogens with one attached hydrogen (secondary N) is 6. The fourth-order valence-electron chi connectivity index (χ4n) is 16.7. The predicted molar refractivity (Wildman–Crippen MR) is 503 cm³/mol. The highest BCUT2D eigenvalue weighted by atomic mass is 33.1. The molecule has 43 heteroatoms. The fourth-order valence-corrected chi connectivity index (χ4v) is 19.1. The van der Waals surface area contributed by atoms with Gasteiger partial charge >= 0.3 is 18.0 Å². The van der Waals surface area contributed by atoms with Crippen LogP contribution in [0.5, 0.6) is 0 Å². The zero-order valence-electron chi connectivity index (χ0n) is 81.9. The molecule has 4 aliphatic heterocycles. The molecule has 18 atom stereocenters. The number of ether oxygens (including phenoxy) is 13. The summed E-state index contributed by atoms with van der Waals surface area (Å²) in [6, 6.07) is -3.30. The van der Waals surface area contributed by atoms with Crippen molar-refractivity contribution in [1.29, 1.82) is 0 Å². The van der Waals surface area contributed by atoms with E-state index in [1.165, 1.54) is 20.8 Å². The maximum absolute atomic E-state index is 14.3. The highest BCUT2D eigenvalue weighted by Crippen LogP contribution is 2.41. The van der Waals surface area contributed by atoms with Crippen LogP contribution in [0.1, 0.15) is 272 Å². The Morgan fingerprint density at radius 2 is 0.796 bits per heavy atom. The molecule has 0 aliphatic carbocycles. The molecule has 0 aromatic carbocycles. The van der Waals surface area contributed by atoms with Crippen molar-refractivity contribution in [1.82, 2.24) is 36.8 Å². The van der Waals surface area contributed by atoms with Gasteiger partial charge in [0.25, 0.3) is 0 Å². The number of alkyl carbamates (subject to hydrolysis) is 1. The third-order valence-corrected chi connectivity index (χ3v) is 27.6.